The average Bonchev–Trinajstić information content (AvgIpc) is 2.98. The van der Waals surface area contributed by atoms with Crippen LogP contribution in [0.3, 0.4) is 0 Å². The Kier molecular flexibility index (Phi) is 5.84. The maximum Gasteiger partial charge on any atom is 0.405 e. The number of rotatable bonds is 5. The number of likely N-dealkylation sites (tertiary alicyclic amines) is 1. The van der Waals surface area contributed by atoms with Crippen LogP contribution in [-0.2, 0) is 4.79 Å². The van der Waals surface area contributed by atoms with Crippen molar-refractivity contribution in [2.75, 3.05) is 13.1 Å². The molecule has 0 unspecified atom stereocenters. The van der Waals surface area contributed by atoms with Crippen LogP contribution < -0.4 is 10.1 Å². The van der Waals surface area contributed by atoms with E-state index in [9.17, 15) is 9.59 Å². The van der Waals surface area contributed by atoms with E-state index in [0.717, 1.165) is 33.8 Å². The van der Waals surface area contributed by atoms with E-state index in [4.69, 9.17) is 9.84 Å². The number of ether oxygens (including phenoxy) is 1. The fourth-order valence-corrected chi connectivity index (χ4v) is 4.18. The Labute approximate surface area is 162 Å². The number of amides is 2. The van der Waals surface area contributed by atoms with E-state index in [1.165, 1.54) is 0 Å². The van der Waals surface area contributed by atoms with Gasteiger partial charge in [0.15, 0.2) is 0 Å². The van der Waals surface area contributed by atoms with Crippen molar-refractivity contribution in [3.8, 4) is 5.75 Å². The summed E-state index contributed by atoms with van der Waals surface area (Å²) < 4.78 is 7.21. The molecule has 0 spiro atoms. The van der Waals surface area contributed by atoms with E-state index in [-0.39, 0.29) is 17.9 Å². The second kappa shape index (κ2) is 8.12. The molecule has 3 rings (SSSR count). The number of aryl methyl sites for hydroxylation is 1. The van der Waals surface area contributed by atoms with Crippen molar-refractivity contribution < 1.29 is 19.4 Å². The first-order chi connectivity index (χ1) is 12.8. The molecule has 0 bridgehead atoms. The molecule has 0 radical (unpaired) electrons. The van der Waals surface area contributed by atoms with Crippen molar-refractivity contribution in [2.45, 2.75) is 45.8 Å². The summed E-state index contributed by atoms with van der Waals surface area (Å²) in [6, 6.07) is 5.21. The Morgan fingerprint density at radius 1 is 1.33 bits per heavy atom. The number of piperidine rings is 1. The summed E-state index contributed by atoms with van der Waals surface area (Å²) >= 11 is 1.64. The highest BCUT2D eigenvalue weighted by atomic mass is 32.1. The highest BCUT2D eigenvalue weighted by Crippen LogP contribution is 2.28. The van der Waals surface area contributed by atoms with Crippen LogP contribution in [0.1, 0.15) is 31.7 Å². The smallest absolute Gasteiger partial charge is 0.405 e. The Hall–Kier alpha value is -2.35. The summed E-state index contributed by atoms with van der Waals surface area (Å²) in [5.41, 5.74) is 0.982. The molecule has 1 aromatic heterocycles. The minimum atomic E-state index is -1.17. The molecule has 0 saturated carbocycles. The number of carbonyl (C=O) groups excluding carboxylic acids is 1. The molecule has 7 nitrogen and oxygen atoms in total. The minimum absolute atomic E-state index is 0.0467. The normalized spacial score (nSPS) is 16.5. The van der Waals surface area contributed by atoms with Crippen molar-refractivity contribution in [2.24, 2.45) is 5.92 Å². The largest absolute Gasteiger partial charge is 0.490 e. The number of aromatic nitrogens is 1. The molecule has 1 saturated heterocycles. The molecule has 2 aromatic rings. The van der Waals surface area contributed by atoms with Gasteiger partial charge in [0, 0.05) is 25.9 Å². The summed E-state index contributed by atoms with van der Waals surface area (Å²) in [6.45, 7) is 6.80. The van der Waals surface area contributed by atoms with Crippen molar-refractivity contribution in [1.82, 2.24) is 15.2 Å². The zero-order valence-corrected chi connectivity index (χ0v) is 16.6. The van der Waals surface area contributed by atoms with Crippen molar-refractivity contribution in [1.29, 1.82) is 0 Å². The molecule has 2 heterocycles. The third-order valence-electron chi connectivity index (χ3n) is 4.73. The Morgan fingerprint density at radius 2 is 2.04 bits per heavy atom. The fraction of sp³-hybridized carbons (Fsp3) is 0.526. The van der Waals surface area contributed by atoms with E-state index in [1.54, 1.807) is 16.2 Å². The first-order valence-electron chi connectivity index (χ1n) is 9.15. The zero-order valence-electron chi connectivity index (χ0n) is 15.8. The number of carboxylic acid groups (broad SMARTS) is 1. The summed E-state index contributed by atoms with van der Waals surface area (Å²) in [6.07, 6.45) is 0.326. The van der Waals surface area contributed by atoms with Gasteiger partial charge in [0.05, 0.1) is 15.2 Å². The molecule has 27 heavy (non-hydrogen) atoms. The standard InChI is InChI=1S/C19H25N3O4S/c1-11(2)17(21-19(24)25)18(23)22-8-6-13(7-9-22)26-14-4-5-15-16(10-14)27-12(3)20-15/h4-5,10-11,13,17,21H,6-9H2,1-3H3,(H,24,25)/t17-/m0/s1. The highest BCUT2D eigenvalue weighted by molar-refractivity contribution is 7.18. The van der Waals surface area contributed by atoms with Gasteiger partial charge in [0.25, 0.3) is 0 Å². The lowest BCUT2D eigenvalue weighted by Gasteiger charge is -2.35. The average molecular weight is 391 g/mol. The van der Waals surface area contributed by atoms with Gasteiger partial charge in [0.2, 0.25) is 5.91 Å². The maximum absolute atomic E-state index is 12.6. The van der Waals surface area contributed by atoms with E-state index >= 15 is 0 Å². The molecular weight excluding hydrogens is 366 g/mol. The molecule has 146 valence electrons. The van der Waals surface area contributed by atoms with E-state index in [0.29, 0.717) is 13.1 Å². The Morgan fingerprint density at radius 3 is 2.67 bits per heavy atom. The number of nitrogens with zero attached hydrogens (tertiary/aromatic N) is 2. The lowest BCUT2D eigenvalue weighted by atomic mass is 10.0. The van der Waals surface area contributed by atoms with Crippen LogP contribution in [-0.4, -0.2) is 52.2 Å². The fourth-order valence-electron chi connectivity index (χ4n) is 3.32. The van der Waals surface area contributed by atoms with Gasteiger partial charge in [-0.15, -0.1) is 11.3 Å². The molecule has 1 atom stereocenters. The molecule has 0 aliphatic carbocycles. The molecule has 1 aliphatic heterocycles. The van der Waals surface area contributed by atoms with Crippen LogP contribution in [0, 0.1) is 12.8 Å². The van der Waals surface area contributed by atoms with Gasteiger partial charge >= 0.3 is 6.09 Å². The predicted molar refractivity (Wildman–Crippen MR) is 104 cm³/mol. The van der Waals surface area contributed by atoms with Gasteiger partial charge in [-0.3, -0.25) is 4.79 Å². The summed E-state index contributed by atoms with van der Waals surface area (Å²) in [5.74, 6) is 0.563. The third kappa shape index (κ3) is 4.68. The SMILES string of the molecule is Cc1nc2ccc(OC3CCN(C(=O)[C@@H](NC(=O)O)C(C)C)CC3)cc2s1. The van der Waals surface area contributed by atoms with Gasteiger partial charge in [-0.05, 0) is 31.0 Å². The monoisotopic (exact) mass is 391 g/mol. The summed E-state index contributed by atoms with van der Waals surface area (Å²) in [4.78, 5) is 29.8. The lowest BCUT2D eigenvalue weighted by molar-refractivity contribution is -0.136. The van der Waals surface area contributed by atoms with Crippen molar-refractivity contribution in [3.63, 3.8) is 0 Å². The number of benzene rings is 1. The number of carbonyl (C=O) groups is 2. The molecule has 2 N–H and O–H groups in total. The quantitative estimate of drug-likeness (QED) is 0.816. The number of nitrogens with one attached hydrogen (secondary N) is 1. The predicted octanol–water partition coefficient (Wildman–Crippen LogP) is 3.27. The van der Waals surface area contributed by atoms with Crippen LogP contribution in [0.15, 0.2) is 18.2 Å². The van der Waals surface area contributed by atoms with Crippen LogP contribution >= 0.6 is 11.3 Å². The Bertz CT molecular complexity index is 827. The van der Waals surface area contributed by atoms with E-state index in [2.05, 4.69) is 10.3 Å². The van der Waals surface area contributed by atoms with Crippen molar-refractivity contribution in [3.05, 3.63) is 23.2 Å². The third-order valence-corrected chi connectivity index (χ3v) is 5.67. The van der Waals surface area contributed by atoms with Gasteiger partial charge in [0.1, 0.15) is 17.9 Å². The van der Waals surface area contributed by atoms with Crippen LogP contribution in [0.5, 0.6) is 5.75 Å². The highest BCUT2D eigenvalue weighted by Gasteiger charge is 2.31. The molecule has 1 aliphatic rings. The van der Waals surface area contributed by atoms with Gasteiger partial charge in [-0.2, -0.15) is 0 Å². The molecule has 1 fully saturated rings. The van der Waals surface area contributed by atoms with Gasteiger partial charge in [-0.25, -0.2) is 9.78 Å². The van der Waals surface area contributed by atoms with Crippen LogP contribution in [0.4, 0.5) is 4.79 Å². The number of hydrogen-bond donors (Lipinski definition) is 2. The minimum Gasteiger partial charge on any atom is -0.490 e. The first kappa shape index (κ1) is 19.4. The summed E-state index contributed by atoms with van der Waals surface area (Å²) in [7, 11) is 0. The number of fused-ring (bicyclic) bond motifs is 1. The lowest BCUT2D eigenvalue weighted by Crippen LogP contribution is -2.53. The first-order valence-corrected chi connectivity index (χ1v) is 9.97. The second-order valence-corrected chi connectivity index (χ2v) is 8.41. The zero-order chi connectivity index (χ0) is 19.6. The Balaban J connectivity index is 1.57. The molecule has 8 heteroatoms. The van der Waals surface area contributed by atoms with E-state index in [1.807, 2.05) is 39.0 Å². The molecule has 1 aromatic carbocycles. The second-order valence-electron chi connectivity index (χ2n) is 7.18. The summed E-state index contributed by atoms with van der Waals surface area (Å²) in [5, 5.41) is 12.3. The number of hydrogen-bond acceptors (Lipinski definition) is 5. The van der Waals surface area contributed by atoms with Crippen molar-refractivity contribution >= 4 is 33.6 Å². The molecule has 2 amide bonds. The van der Waals surface area contributed by atoms with Crippen LogP contribution in [0.25, 0.3) is 10.2 Å². The maximum atomic E-state index is 12.6. The number of thiazole rings is 1. The molecular formula is C19H25N3O4S. The van der Waals surface area contributed by atoms with Gasteiger partial charge in [-0.1, -0.05) is 13.8 Å². The van der Waals surface area contributed by atoms with Gasteiger partial charge < -0.3 is 20.1 Å². The van der Waals surface area contributed by atoms with Crippen LogP contribution in [0.2, 0.25) is 0 Å². The van der Waals surface area contributed by atoms with E-state index < -0.39 is 12.1 Å². The topological polar surface area (TPSA) is 91.8 Å².